The number of carbonyl (C=O) groups is 2. The van der Waals surface area contributed by atoms with Crippen molar-refractivity contribution < 1.29 is 23.8 Å². The van der Waals surface area contributed by atoms with Crippen LogP contribution < -0.4 is 14.8 Å². The maximum absolute atomic E-state index is 12.0. The van der Waals surface area contributed by atoms with Gasteiger partial charge in [0, 0.05) is 12.1 Å². The van der Waals surface area contributed by atoms with Gasteiger partial charge >= 0.3 is 5.97 Å². The minimum Gasteiger partial charge on any atom is -0.496 e. The zero-order valence-electron chi connectivity index (χ0n) is 15.2. The van der Waals surface area contributed by atoms with Crippen LogP contribution in [0.5, 0.6) is 11.5 Å². The van der Waals surface area contributed by atoms with Crippen molar-refractivity contribution in [3.8, 4) is 11.5 Å². The van der Waals surface area contributed by atoms with Gasteiger partial charge in [-0.25, -0.2) is 4.79 Å². The first-order chi connectivity index (χ1) is 12.5. The molecule has 0 aliphatic heterocycles. The number of para-hydroxylation sites is 1. The summed E-state index contributed by atoms with van der Waals surface area (Å²) in [6.45, 7) is 3.44. The average Bonchev–Trinajstić information content (AvgIpc) is 2.64. The van der Waals surface area contributed by atoms with Gasteiger partial charge in [0.25, 0.3) is 5.91 Å². The highest BCUT2D eigenvalue weighted by atomic mass is 16.6. The van der Waals surface area contributed by atoms with Gasteiger partial charge in [-0.15, -0.1) is 0 Å². The Morgan fingerprint density at radius 2 is 1.88 bits per heavy atom. The van der Waals surface area contributed by atoms with Crippen LogP contribution in [0.25, 0.3) is 0 Å². The van der Waals surface area contributed by atoms with Crippen LogP contribution in [0.2, 0.25) is 0 Å². The molecule has 0 saturated heterocycles. The molecule has 1 atom stereocenters. The van der Waals surface area contributed by atoms with Gasteiger partial charge in [0.2, 0.25) is 0 Å². The first kappa shape index (κ1) is 19.3. The van der Waals surface area contributed by atoms with E-state index in [2.05, 4.69) is 5.32 Å². The molecule has 0 spiro atoms. The summed E-state index contributed by atoms with van der Waals surface area (Å²) in [5, 5.41) is 2.69. The number of ether oxygens (including phenoxy) is 3. The number of benzene rings is 2. The van der Waals surface area contributed by atoms with Crippen LogP contribution in [0, 0.1) is 6.92 Å². The topological polar surface area (TPSA) is 73.9 Å². The van der Waals surface area contributed by atoms with E-state index in [1.807, 2.05) is 49.4 Å². The molecular weight excluding hydrogens is 334 g/mol. The Bertz CT molecular complexity index is 759. The molecule has 6 heteroatoms. The van der Waals surface area contributed by atoms with E-state index in [9.17, 15) is 9.59 Å². The highest BCUT2D eigenvalue weighted by Gasteiger charge is 2.18. The quantitative estimate of drug-likeness (QED) is 0.735. The average molecular weight is 357 g/mol. The highest BCUT2D eigenvalue weighted by Crippen LogP contribution is 2.17. The number of amides is 1. The van der Waals surface area contributed by atoms with Gasteiger partial charge in [0.05, 0.1) is 7.11 Å². The van der Waals surface area contributed by atoms with Crippen molar-refractivity contribution in [1.29, 1.82) is 0 Å². The molecule has 0 aromatic heterocycles. The fourth-order valence-electron chi connectivity index (χ4n) is 2.29. The van der Waals surface area contributed by atoms with Crippen LogP contribution in [0.4, 0.5) is 0 Å². The highest BCUT2D eigenvalue weighted by molar-refractivity contribution is 5.82. The number of hydrogen-bond acceptors (Lipinski definition) is 5. The standard InChI is InChI=1S/C20H23NO5/c1-14-7-6-9-17(11-14)26-15(2)20(23)25-13-19(22)21-12-16-8-4-5-10-18(16)24-3/h4-11,15H,12-13H2,1-3H3,(H,21,22)/t15-/m1/s1. The number of hydrogen-bond donors (Lipinski definition) is 1. The lowest BCUT2D eigenvalue weighted by Gasteiger charge is -2.14. The summed E-state index contributed by atoms with van der Waals surface area (Å²) in [6, 6.07) is 14.7. The molecule has 1 amide bonds. The second kappa shape index (κ2) is 9.46. The second-order valence-corrected chi connectivity index (χ2v) is 5.77. The molecule has 0 bridgehead atoms. The molecule has 0 aliphatic carbocycles. The van der Waals surface area contributed by atoms with E-state index >= 15 is 0 Å². The van der Waals surface area contributed by atoms with Gasteiger partial charge in [-0.3, -0.25) is 4.79 Å². The molecular formula is C20H23NO5. The van der Waals surface area contributed by atoms with E-state index in [1.54, 1.807) is 20.1 Å². The Morgan fingerprint density at radius 3 is 2.62 bits per heavy atom. The molecule has 0 fully saturated rings. The van der Waals surface area contributed by atoms with Crippen molar-refractivity contribution in [2.24, 2.45) is 0 Å². The van der Waals surface area contributed by atoms with Crippen molar-refractivity contribution in [2.45, 2.75) is 26.5 Å². The van der Waals surface area contributed by atoms with E-state index in [0.29, 0.717) is 11.5 Å². The normalized spacial score (nSPS) is 11.3. The van der Waals surface area contributed by atoms with Crippen LogP contribution in [-0.2, 0) is 20.9 Å². The van der Waals surface area contributed by atoms with Gasteiger partial charge < -0.3 is 19.5 Å². The third-order valence-corrected chi connectivity index (χ3v) is 3.65. The van der Waals surface area contributed by atoms with Crippen molar-refractivity contribution in [3.63, 3.8) is 0 Å². The Morgan fingerprint density at radius 1 is 1.12 bits per heavy atom. The first-order valence-electron chi connectivity index (χ1n) is 8.28. The molecule has 2 rings (SSSR count). The van der Waals surface area contributed by atoms with E-state index in [1.165, 1.54) is 0 Å². The third-order valence-electron chi connectivity index (χ3n) is 3.65. The monoisotopic (exact) mass is 357 g/mol. The van der Waals surface area contributed by atoms with Crippen molar-refractivity contribution >= 4 is 11.9 Å². The van der Waals surface area contributed by atoms with E-state index in [0.717, 1.165) is 11.1 Å². The fourth-order valence-corrected chi connectivity index (χ4v) is 2.29. The molecule has 2 aromatic rings. The lowest BCUT2D eigenvalue weighted by atomic mass is 10.2. The molecule has 138 valence electrons. The SMILES string of the molecule is COc1ccccc1CNC(=O)COC(=O)[C@@H](C)Oc1cccc(C)c1. The minimum atomic E-state index is -0.807. The minimum absolute atomic E-state index is 0.287. The number of aryl methyl sites for hydroxylation is 1. The van der Waals surface area contributed by atoms with Crippen LogP contribution in [-0.4, -0.2) is 31.7 Å². The zero-order valence-corrected chi connectivity index (χ0v) is 15.2. The Labute approximate surface area is 153 Å². The summed E-state index contributed by atoms with van der Waals surface area (Å²) in [4.78, 5) is 23.8. The lowest BCUT2D eigenvalue weighted by Crippen LogP contribution is -2.32. The van der Waals surface area contributed by atoms with Crippen LogP contribution in [0.15, 0.2) is 48.5 Å². The second-order valence-electron chi connectivity index (χ2n) is 5.77. The summed E-state index contributed by atoms with van der Waals surface area (Å²) in [5.74, 6) is 0.269. The van der Waals surface area contributed by atoms with Crippen molar-refractivity contribution in [3.05, 3.63) is 59.7 Å². The van der Waals surface area contributed by atoms with Gasteiger partial charge in [0.15, 0.2) is 12.7 Å². The zero-order chi connectivity index (χ0) is 18.9. The van der Waals surface area contributed by atoms with Gasteiger partial charge in [-0.1, -0.05) is 30.3 Å². The van der Waals surface area contributed by atoms with Crippen molar-refractivity contribution in [2.75, 3.05) is 13.7 Å². The molecule has 6 nitrogen and oxygen atoms in total. The molecule has 0 saturated carbocycles. The molecule has 0 radical (unpaired) electrons. The lowest BCUT2D eigenvalue weighted by molar-refractivity contribution is -0.154. The molecule has 1 N–H and O–H groups in total. The Balaban J connectivity index is 1.76. The number of carbonyl (C=O) groups excluding carboxylic acids is 2. The summed E-state index contributed by atoms with van der Waals surface area (Å²) in [7, 11) is 1.57. The predicted molar refractivity (Wildman–Crippen MR) is 97.1 cm³/mol. The number of esters is 1. The molecule has 0 aliphatic rings. The molecule has 26 heavy (non-hydrogen) atoms. The van der Waals surface area contributed by atoms with E-state index in [4.69, 9.17) is 14.2 Å². The maximum Gasteiger partial charge on any atom is 0.347 e. The molecule has 2 aromatic carbocycles. The van der Waals surface area contributed by atoms with Gasteiger partial charge in [-0.2, -0.15) is 0 Å². The Hall–Kier alpha value is -3.02. The van der Waals surface area contributed by atoms with Crippen LogP contribution in [0.3, 0.4) is 0 Å². The summed E-state index contributed by atoms with van der Waals surface area (Å²) >= 11 is 0. The predicted octanol–water partition coefficient (Wildman–Crippen LogP) is 2.63. The largest absolute Gasteiger partial charge is 0.496 e. The number of rotatable bonds is 8. The van der Waals surface area contributed by atoms with Crippen LogP contribution in [0.1, 0.15) is 18.1 Å². The number of nitrogens with one attached hydrogen (secondary N) is 1. The van der Waals surface area contributed by atoms with E-state index in [-0.39, 0.29) is 13.2 Å². The first-order valence-corrected chi connectivity index (χ1v) is 8.28. The maximum atomic E-state index is 12.0. The van der Waals surface area contributed by atoms with Crippen molar-refractivity contribution in [1.82, 2.24) is 5.32 Å². The van der Waals surface area contributed by atoms with E-state index < -0.39 is 18.0 Å². The summed E-state index contributed by atoms with van der Waals surface area (Å²) < 4.78 is 15.8. The molecule has 0 heterocycles. The van der Waals surface area contributed by atoms with Gasteiger partial charge in [0.1, 0.15) is 11.5 Å². The fraction of sp³-hybridized carbons (Fsp3) is 0.300. The molecule has 0 unspecified atom stereocenters. The van der Waals surface area contributed by atoms with Gasteiger partial charge in [-0.05, 0) is 37.6 Å². The summed E-state index contributed by atoms with van der Waals surface area (Å²) in [5.41, 5.74) is 1.87. The number of methoxy groups -OCH3 is 1. The Kier molecular flexibility index (Phi) is 7.02. The smallest absolute Gasteiger partial charge is 0.347 e. The van der Waals surface area contributed by atoms with Crippen LogP contribution >= 0.6 is 0 Å². The third kappa shape index (κ3) is 5.81. The summed E-state index contributed by atoms with van der Waals surface area (Å²) in [6.07, 6.45) is -0.807.